The van der Waals surface area contributed by atoms with Gasteiger partial charge in [-0.15, -0.1) is 0 Å². The molecule has 20 heavy (non-hydrogen) atoms. The summed E-state index contributed by atoms with van der Waals surface area (Å²) in [4.78, 5) is 24.4. The number of hydrogen-bond donors (Lipinski definition) is 0. The third-order valence-electron chi connectivity index (χ3n) is 6.88. The van der Waals surface area contributed by atoms with Gasteiger partial charge in [0.05, 0.1) is 6.42 Å². The molecule has 1 unspecified atom stereocenters. The molecule has 0 amide bonds. The molecule has 5 atom stereocenters. The van der Waals surface area contributed by atoms with Crippen LogP contribution in [0.4, 0.5) is 0 Å². The van der Waals surface area contributed by atoms with Crippen molar-refractivity contribution >= 4 is 11.8 Å². The minimum absolute atomic E-state index is 0.0275. The molecule has 1 heterocycles. The topological polar surface area (TPSA) is 43.4 Å². The van der Waals surface area contributed by atoms with Gasteiger partial charge in [-0.05, 0) is 36.5 Å². The number of carbonyl (C=O) groups excluding carboxylic acids is 2. The maximum absolute atomic E-state index is 12.5. The Kier molecular flexibility index (Phi) is 2.72. The van der Waals surface area contributed by atoms with Crippen LogP contribution >= 0.6 is 0 Å². The van der Waals surface area contributed by atoms with Gasteiger partial charge in [0.25, 0.3) is 0 Å². The molecule has 0 bridgehead atoms. The van der Waals surface area contributed by atoms with E-state index in [1.165, 1.54) is 0 Å². The van der Waals surface area contributed by atoms with Gasteiger partial charge in [0.2, 0.25) is 0 Å². The van der Waals surface area contributed by atoms with E-state index in [1.807, 2.05) is 0 Å². The highest BCUT2D eigenvalue weighted by molar-refractivity contribution is 5.84. The highest BCUT2D eigenvalue weighted by atomic mass is 16.6. The Labute approximate surface area is 121 Å². The summed E-state index contributed by atoms with van der Waals surface area (Å²) in [5.74, 6) is 0.981. The average Bonchev–Trinajstić information content (AvgIpc) is 2.62. The average molecular weight is 278 g/mol. The first-order chi connectivity index (χ1) is 9.11. The molecule has 0 aromatic carbocycles. The minimum atomic E-state index is -0.357. The molecule has 3 rings (SSSR count). The molecule has 2 aliphatic carbocycles. The number of fused-ring (bicyclic) bond motifs is 3. The Hall–Kier alpha value is -0.860. The highest BCUT2D eigenvalue weighted by Gasteiger charge is 2.66. The van der Waals surface area contributed by atoms with Gasteiger partial charge in [0.1, 0.15) is 11.4 Å². The number of rotatable bonds is 0. The van der Waals surface area contributed by atoms with E-state index in [2.05, 4.69) is 34.6 Å². The minimum Gasteiger partial charge on any atom is -0.459 e. The molecule has 3 nitrogen and oxygen atoms in total. The van der Waals surface area contributed by atoms with E-state index < -0.39 is 0 Å². The van der Waals surface area contributed by atoms with Crippen LogP contribution in [0.2, 0.25) is 0 Å². The van der Waals surface area contributed by atoms with Crippen LogP contribution in [0.25, 0.3) is 0 Å². The third kappa shape index (κ3) is 1.58. The normalized spacial score (nSPS) is 50.4. The van der Waals surface area contributed by atoms with Crippen molar-refractivity contribution in [1.82, 2.24) is 0 Å². The first-order valence-electron chi connectivity index (χ1n) is 7.86. The second-order valence-electron chi connectivity index (χ2n) is 8.35. The summed E-state index contributed by atoms with van der Waals surface area (Å²) in [7, 11) is 0. The molecule has 3 heteroatoms. The van der Waals surface area contributed by atoms with E-state index in [0.717, 1.165) is 12.8 Å². The van der Waals surface area contributed by atoms with E-state index in [-0.39, 0.29) is 34.2 Å². The van der Waals surface area contributed by atoms with Gasteiger partial charge >= 0.3 is 5.97 Å². The molecule has 0 aromatic rings. The van der Waals surface area contributed by atoms with Crippen LogP contribution in [-0.2, 0) is 14.3 Å². The van der Waals surface area contributed by atoms with E-state index in [9.17, 15) is 9.59 Å². The second kappa shape index (κ2) is 3.86. The molecule has 0 radical (unpaired) electrons. The second-order valence-corrected chi connectivity index (χ2v) is 8.35. The van der Waals surface area contributed by atoms with Crippen molar-refractivity contribution in [1.29, 1.82) is 0 Å². The predicted octanol–water partition coefficient (Wildman–Crippen LogP) is 3.36. The van der Waals surface area contributed by atoms with Gasteiger partial charge < -0.3 is 4.74 Å². The number of ketones is 1. The van der Waals surface area contributed by atoms with Gasteiger partial charge in [0, 0.05) is 18.3 Å². The zero-order valence-electron chi connectivity index (χ0n) is 13.3. The van der Waals surface area contributed by atoms with Gasteiger partial charge in [0.15, 0.2) is 0 Å². The third-order valence-corrected chi connectivity index (χ3v) is 6.88. The smallest absolute Gasteiger partial charge is 0.306 e. The highest BCUT2D eigenvalue weighted by Crippen LogP contribution is 2.65. The van der Waals surface area contributed by atoms with Gasteiger partial charge in [-0.2, -0.15) is 0 Å². The van der Waals surface area contributed by atoms with E-state index in [0.29, 0.717) is 24.5 Å². The number of Topliss-reactive ketones (excluding diaryl/α,β-unsaturated/α-hetero) is 1. The van der Waals surface area contributed by atoms with Crippen molar-refractivity contribution in [2.24, 2.45) is 28.6 Å². The maximum Gasteiger partial charge on any atom is 0.306 e. The molecule has 3 fully saturated rings. The van der Waals surface area contributed by atoms with Crippen LogP contribution in [0.1, 0.15) is 60.3 Å². The molecule has 1 aliphatic heterocycles. The fourth-order valence-electron chi connectivity index (χ4n) is 5.75. The van der Waals surface area contributed by atoms with Crippen LogP contribution in [0.15, 0.2) is 0 Å². The molecule has 3 aliphatic rings. The monoisotopic (exact) mass is 278 g/mol. The Morgan fingerprint density at radius 1 is 1.10 bits per heavy atom. The molecule has 0 aromatic heterocycles. The summed E-state index contributed by atoms with van der Waals surface area (Å²) < 4.78 is 5.67. The predicted molar refractivity (Wildman–Crippen MR) is 76.0 cm³/mol. The van der Waals surface area contributed by atoms with Crippen molar-refractivity contribution in [3.8, 4) is 0 Å². The van der Waals surface area contributed by atoms with Crippen LogP contribution in [0.3, 0.4) is 0 Å². The van der Waals surface area contributed by atoms with Crippen LogP contribution in [0.5, 0.6) is 0 Å². The lowest BCUT2D eigenvalue weighted by Crippen LogP contribution is -2.61. The molecule has 112 valence electrons. The summed E-state index contributed by atoms with van der Waals surface area (Å²) in [5, 5.41) is 0. The fraction of sp³-hybridized carbons (Fsp3) is 0.882. The molecule has 2 saturated carbocycles. The van der Waals surface area contributed by atoms with Gasteiger partial charge in [-0.25, -0.2) is 0 Å². The quantitative estimate of drug-likeness (QED) is 0.638. The van der Waals surface area contributed by atoms with Crippen molar-refractivity contribution in [2.75, 3.05) is 0 Å². The SMILES string of the molecule is C[C@@H]1C(=O)CC(C)(C)[C@@H]2CC[C@@]3(C)OC(=O)CC3[C@@]12C. The van der Waals surface area contributed by atoms with Crippen molar-refractivity contribution in [3.63, 3.8) is 0 Å². The summed E-state index contributed by atoms with van der Waals surface area (Å²) in [5.41, 5.74) is -0.437. The van der Waals surface area contributed by atoms with Crippen molar-refractivity contribution < 1.29 is 14.3 Å². The van der Waals surface area contributed by atoms with Gasteiger partial charge in [-0.3, -0.25) is 9.59 Å². The summed E-state index contributed by atoms with van der Waals surface area (Å²) in [6.45, 7) is 10.8. The summed E-state index contributed by atoms with van der Waals surface area (Å²) in [6.07, 6.45) is 3.15. The lowest BCUT2D eigenvalue weighted by atomic mass is 9.42. The number of esters is 1. The van der Waals surface area contributed by atoms with Crippen LogP contribution in [-0.4, -0.2) is 17.4 Å². The van der Waals surface area contributed by atoms with E-state index in [1.54, 1.807) is 0 Å². The largest absolute Gasteiger partial charge is 0.459 e. The first-order valence-corrected chi connectivity index (χ1v) is 7.86. The fourth-order valence-corrected chi connectivity index (χ4v) is 5.75. The van der Waals surface area contributed by atoms with Crippen molar-refractivity contribution in [2.45, 2.75) is 65.9 Å². The standard InChI is InChI=1S/C17H26O3/c1-10-11(18)9-15(2,3)12-6-7-16(4)13(17(10,12)5)8-14(19)20-16/h10,12-13H,6-9H2,1-5H3/t10-,12+,13?,16-,17+/m1/s1. The Bertz CT molecular complexity index is 481. The molecular formula is C17H26O3. The van der Waals surface area contributed by atoms with Gasteiger partial charge in [-0.1, -0.05) is 27.7 Å². The number of ether oxygens (including phenoxy) is 1. The van der Waals surface area contributed by atoms with E-state index >= 15 is 0 Å². The Morgan fingerprint density at radius 3 is 2.40 bits per heavy atom. The van der Waals surface area contributed by atoms with Crippen LogP contribution < -0.4 is 0 Å². The molecule has 0 N–H and O–H groups in total. The number of carbonyl (C=O) groups is 2. The van der Waals surface area contributed by atoms with Crippen molar-refractivity contribution in [3.05, 3.63) is 0 Å². The molecular weight excluding hydrogens is 252 g/mol. The molecule has 0 spiro atoms. The summed E-state index contributed by atoms with van der Waals surface area (Å²) >= 11 is 0. The lowest BCUT2D eigenvalue weighted by Gasteiger charge is -2.61. The zero-order valence-corrected chi connectivity index (χ0v) is 13.3. The number of hydrogen-bond acceptors (Lipinski definition) is 3. The zero-order chi connectivity index (χ0) is 14.9. The Balaban J connectivity index is 2.10. The Morgan fingerprint density at radius 2 is 1.75 bits per heavy atom. The summed E-state index contributed by atoms with van der Waals surface area (Å²) in [6, 6.07) is 0. The van der Waals surface area contributed by atoms with Crippen LogP contribution in [0, 0.1) is 28.6 Å². The lowest BCUT2D eigenvalue weighted by molar-refractivity contribution is -0.181. The molecule has 1 saturated heterocycles. The first kappa shape index (κ1) is 14.1. The van der Waals surface area contributed by atoms with E-state index in [4.69, 9.17) is 4.74 Å². The maximum atomic E-state index is 12.5.